The molecule has 0 spiro atoms. The maximum atomic E-state index is 13.2. The monoisotopic (exact) mass is 415 g/mol. The summed E-state index contributed by atoms with van der Waals surface area (Å²) in [5, 5.41) is 19.9. The van der Waals surface area contributed by atoms with E-state index < -0.39 is 17.3 Å². The Hall–Kier alpha value is -4.65. The molecular weight excluding hydrogens is 401 g/mol. The predicted molar refractivity (Wildman–Crippen MR) is 109 cm³/mol. The van der Waals surface area contributed by atoms with Crippen molar-refractivity contribution < 1.29 is 9.18 Å². The van der Waals surface area contributed by atoms with Gasteiger partial charge in [0.05, 0.1) is 11.3 Å². The van der Waals surface area contributed by atoms with E-state index in [-0.39, 0.29) is 11.5 Å². The third-order valence-electron chi connectivity index (χ3n) is 4.34. The number of amides is 1. The number of benzene rings is 1. The van der Waals surface area contributed by atoms with Crippen molar-refractivity contribution >= 4 is 11.7 Å². The lowest BCUT2D eigenvalue weighted by Crippen LogP contribution is -2.25. The zero-order valence-corrected chi connectivity index (χ0v) is 16.2. The van der Waals surface area contributed by atoms with Gasteiger partial charge in [-0.2, -0.15) is 15.0 Å². The largest absolute Gasteiger partial charge is 0.303 e. The standard InChI is InChI=1S/C21H14FN7O2/c1-13-12-28(18-8-2-14(10-23)11-24-18)27-20(13)25-21(31)17-7-9-19(30)29(26-17)16-5-3-15(22)4-6-16/h2-9,11-12H,1H3,(H,25,27,31). The third kappa shape index (κ3) is 4.06. The maximum Gasteiger partial charge on any atom is 0.277 e. The van der Waals surface area contributed by atoms with E-state index in [0.717, 1.165) is 4.68 Å². The van der Waals surface area contributed by atoms with Crippen LogP contribution in [0.2, 0.25) is 0 Å². The fourth-order valence-corrected chi connectivity index (χ4v) is 2.76. The molecule has 0 bridgehead atoms. The molecule has 1 aromatic carbocycles. The Morgan fingerprint density at radius 1 is 1.10 bits per heavy atom. The Bertz CT molecular complexity index is 1370. The number of carbonyl (C=O) groups excluding carboxylic acids is 1. The molecule has 4 rings (SSSR count). The van der Waals surface area contributed by atoms with Gasteiger partial charge < -0.3 is 5.32 Å². The molecule has 1 amide bonds. The lowest BCUT2D eigenvalue weighted by molar-refractivity contribution is 0.102. The molecule has 1 N–H and O–H groups in total. The molecule has 10 heteroatoms. The summed E-state index contributed by atoms with van der Waals surface area (Å²) in [6.45, 7) is 1.76. The average molecular weight is 415 g/mol. The third-order valence-corrected chi connectivity index (χ3v) is 4.34. The van der Waals surface area contributed by atoms with E-state index in [1.807, 2.05) is 6.07 Å². The molecule has 0 aliphatic heterocycles. The molecule has 0 aliphatic rings. The topological polar surface area (TPSA) is 118 Å². The van der Waals surface area contributed by atoms with Gasteiger partial charge in [0, 0.05) is 24.0 Å². The minimum Gasteiger partial charge on any atom is -0.303 e. The Morgan fingerprint density at radius 3 is 2.55 bits per heavy atom. The van der Waals surface area contributed by atoms with E-state index in [9.17, 15) is 14.0 Å². The second-order valence-corrected chi connectivity index (χ2v) is 6.52. The van der Waals surface area contributed by atoms with Gasteiger partial charge in [-0.1, -0.05) is 0 Å². The van der Waals surface area contributed by atoms with E-state index in [1.54, 1.807) is 25.3 Å². The molecule has 0 atom stereocenters. The van der Waals surface area contributed by atoms with Crippen molar-refractivity contribution in [1.29, 1.82) is 5.26 Å². The molecule has 3 aromatic heterocycles. The van der Waals surface area contributed by atoms with Gasteiger partial charge in [0.15, 0.2) is 11.6 Å². The van der Waals surface area contributed by atoms with Crippen molar-refractivity contribution in [1.82, 2.24) is 24.5 Å². The Labute approximate surface area is 175 Å². The summed E-state index contributed by atoms with van der Waals surface area (Å²) >= 11 is 0. The number of halogens is 1. The van der Waals surface area contributed by atoms with Crippen LogP contribution >= 0.6 is 0 Å². The van der Waals surface area contributed by atoms with Crippen LogP contribution in [0, 0.1) is 24.1 Å². The number of anilines is 1. The number of pyridine rings is 1. The summed E-state index contributed by atoms with van der Waals surface area (Å²) in [4.78, 5) is 29.0. The summed E-state index contributed by atoms with van der Waals surface area (Å²) in [6, 6.07) is 12.9. The van der Waals surface area contributed by atoms with E-state index >= 15 is 0 Å². The van der Waals surface area contributed by atoms with Crippen molar-refractivity contribution in [2.24, 2.45) is 0 Å². The van der Waals surface area contributed by atoms with Crippen LogP contribution in [0.5, 0.6) is 0 Å². The number of carbonyl (C=O) groups is 1. The van der Waals surface area contributed by atoms with Gasteiger partial charge in [-0.15, -0.1) is 5.10 Å². The molecular formula is C21H14FN7O2. The fraction of sp³-hybridized carbons (Fsp3) is 0.0476. The molecule has 9 nitrogen and oxygen atoms in total. The van der Waals surface area contributed by atoms with Gasteiger partial charge in [-0.3, -0.25) is 9.59 Å². The molecule has 0 saturated heterocycles. The summed E-state index contributed by atoms with van der Waals surface area (Å²) in [7, 11) is 0. The molecule has 0 fully saturated rings. The first-order valence-electron chi connectivity index (χ1n) is 9.05. The minimum absolute atomic E-state index is 0.0191. The highest BCUT2D eigenvalue weighted by Crippen LogP contribution is 2.16. The second kappa shape index (κ2) is 8.00. The SMILES string of the molecule is Cc1cn(-c2ccc(C#N)cn2)nc1NC(=O)c1ccc(=O)n(-c2ccc(F)cc2)n1. The van der Waals surface area contributed by atoms with Crippen molar-refractivity contribution in [2.75, 3.05) is 5.32 Å². The molecule has 0 aliphatic carbocycles. The highest BCUT2D eigenvalue weighted by molar-refractivity contribution is 6.02. The quantitative estimate of drug-likeness (QED) is 0.547. The smallest absolute Gasteiger partial charge is 0.277 e. The average Bonchev–Trinajstić information content (AvgIpc) is 3.15. The number of aryl methyl sites for hydroxylation is 1. The summed E-state index contributed by atoms with van der Waals surface area (Å²) < 4.78 is 15.6. The number of rotatable bonds is 4. The van der Waals surface area contributed by atoms with E-state index in [2.05, 4.69) is 20.5 Å². The van der Waals surface area contributed by atoms with Gasteiger partial charge in [0.1, 0.15) is 17.6 Å². The molecule has 4 aromatic rings. The number of hydrogen-bond donors (Lipinski definition) is 1. The van der Waals surface area contributed by atoms with Crippen LogP contribution in [0.3, 0.4) is 0 Å². The zero-order chi connectivity index (χ0) is 22.0. The Morgan fingerprint density at radius 2 is 1.87 bits per heavy atom. The van der Waals surface area contributed by atoms with E-state index in [4.69, 9.17) is 5.26 Å². The van der Waals surface area contributed by atoms with Crippen molar-refractivity contribution in [2.45, 2.75) is 6.92 Å². The van der Waals surface area contributed by atoms with Crippen LogP contribution in [0.1, 0.15) is 21.6 Å². The zero-order valence-electron chi connectivity index (χ0n) is 16.2. The number of nitriles is 1. The predicted octanol–water partition coefficient (Wildman–Crippen LogP) is 2.38. The molecule has 0 radical (unpaired) electrons. The number of nitrogens with zero attached hydrogens (tertiary/aromatic N) is 6. The fourth-order valence-electron chi connectivity index (χ4n) is 2.76. The molecule has 0 unspecified atom stereocenters. The summed E-state index contributed by atoms with van der Waals surface area (Å²) in [6.07, 6.45) is 3.10. The Kier molecular flexibility index (Phi) is 5.07. The first-order chi connectivity index (χ1) is 14.9. The van der Waals surface area contributed by atoms with Gasteiger partial charge in [0.25, 0.3) is 11.5 Å². The van der Waals surface area contributed by atoms with Gasteiger partial charge in [-0.25, -0.2) is 14.1 Å². The highest BCUT2D eigenvalue weighted by Gasteiger charge is 2.15. The van der Waals surface area contributed by atoms with Crippen LogP contribution in [0.15, 0.2) is 65.7 Å². The molecule has 31 heavy (non-hydrogen) atoms. The van der Waals surface area contributed by atoms with Crippen molar-refractivity contribution in [3.63, 3.8) is 0 Å². The first-order valence-corrected chi connectivity index (χ1v) is 9.05. The lowest BCUT2D eigenvalue weighted by Gasteiger charge is -2.07. The Balaban J connectivity index is 1.59. The van der Waals surface area contributed by atoms with Crippen molar-refractivity contribution in [3.8, 4) is 17.6 Å². The first kappa shape index (κ1) is 19.7. The van der Waals surface area contributed by atoms with Crippen LogP contribution in [-0.4, -0.2) is 30.5 Å². The highest BCUT2D eigenvalue weighted by atomic mass is 19.1. The van der Waals surface area contributed by atoms with Crippen LogP contribution in [-0.2, 0) is 0 Å². The molecule has 0 saturated carbocycles. The summed E-state index contributed by atoms with van der Waals surface area (Å²) in [5.41, 5.74) is 0.938. The van der Waals surface area contributed by atoms with Crippen LogP contribution in [0.4, 0.5) is 10.2 Å². The molecule has 3 heterocycles. The molecule has 152 valence electrons. The number of nitrogens with one attached hydrogen (secondary N) is 1. The second-order valence-electron chi connectivity index (χ2n) is 6.52. The van der Waals surface area contributed by atoms with Gasteiger partial charge in [-0.05, 0) is 49.4 Å². The van der Waals surface area contributed by atoms with Gasteiger partial charge >= 0.3 is 0 Å². The number of hydrogen-bond acceptors (Lipinski definition) is 6. The normalized spacial score (nSPS) is 10.5. The lowest BCUT2D eigenvalue weighted by atomic mass is 10.3. The summed E-state index contributed by atoms with van der Waals surface area (Å²) in [5.74, 6) is -0.256. The van der Waals surface area contributed by atoms with Crippen molar-refractivity contribution in [3.05, 3.63) is 93.9 Å². The number of aromatic nitrogens is 5. The van der Waals surface area contributed by atoms with E-state index in [0.29, 0.717) is 22.6 Å². The van der Waals surface area contributed by atoms with E-state index in [1.165, 1.54) is 47.3 Å². The minimum atomic E-state index is -0.572. The van der Waals surface area contributed by atoms with Crippen LogP contribution < -0.4 is 10.9 Å². The maximum absolute atomic E-state index is 13.2. The van der Waals surface area contributed by atoms with Crippen LogP contribution in [0.25, 0.3) is 11.5 Å². The van der Waals surface area contributed by atoms with Gasteiger partial charge in [0.2, 0.25) is 0 Å².